The molecule has 1 heterocycles. The first-order valence-corrected chi connectivity index (χ1v) is 10.8. The highest BCUT2D eigenvalue weighted by Crippen LogP contribution is 2.32. The lowest BCUT2D eigenvalue weighted by molar-refractivity contribution is -0.135. The number of carbonyl (C=O) groups excluding carboxylic acids is 2. The third kappa shape index (κ3) is 4.32. The fourth-order valence-corrected chi connectivity index (χ4v) is 4.82. The molecule has 0 bridgehead atoms. The Morgan fingerprint density at radius 1 is 1.07 bits per heavy atom. The maximum atomic E-state index is 12.7. The van der Waals surface area contributed by atoms with Gasteiger partial charge < -0.3 is 9.64 Å². The van der Waals surface area contributed by atoms with Crippen molar-refractivity contribution in [3.05, 3.63) is 54.1 Å². The summed E-state index contributed by atoms with van der Waals surface area (Å²) >= 11 is 1.54. The number of esters is 1. The van der Waals surface area contributed by atoms with Crippen LogP contribution in [0.4, 0.5) is 0 Å². The van der Waals surface area contributed by atoms with Crippen molar-refractivity contribution < 1.29 is 14.3 Å². The molecule has 1 fully saturated rings. The summed E-state index contributed by atoms with van der Waals surface area (Å²) in [6, 6.07) is 15.4. The van der Waals surface area contributed by atoms with E-state index in [4.69, 9.17) is 4.74 Å². The molecule has 0 atom stereocenters. The molecule has 1 aliphatic carbocycles. The van der Waals surface area contributed by atoms with Gasteiger partial charge in [0, 0.05) is 18.7 Å². The molecule has 1 aliphatic rings. The summed E-state index contributed by atoms with van der Waals surface area (Å²) in [5.41, 5.74) is 2.06. The van der Waals surface area contributed by atoms with Gasteiger partial charge in [-0.3, -0.25) is 4.79 Å². The molecule has 0 spiro atoms. The van der Waals surface area contributed by atoms with Crippen LogP contribution in [-0.4, -0.2) is 41.5 Å². The van der Waals surface area contributed by atoms with Crippen LogP contribution in [0.3, 0.4) is 0 Å². The molecular formula is C23H24N2O3S. The Morgan fingerprint density at radius 3 is 2.59 bits per heavy atom. The van der Waals surface area contributed by atoms with Gasteiger partial charge in [0.25, 0.3) is 5.91 Å². The summed E-state index contributed by atoms with van der Waals surface area (Å²) in [5, 5.41) is 0.768. The van der Waals surface area contributed by atoms with Crippen molar-refractivity contribution in [2.24, 2.45) is 0 Å². The summed E-state index contributed by atoms with van der Waals surface area (Å²) in [6.07, 6.45) is 5.58. The van der Waals surface area contributed by atoms with E-state index in [-0.39, 0.29) is 18.6 Å². The van der Waals surface area contributed by atoms with E-state index in [9.17, 15) is 9.59 Å². The van der Waals surface area contributed by atoms with Crippen molar-refractivity contribution in [2.75, 3.05) is 13.7 Å². The molecule has 1 amide bonds. The predicted octanol–water partition coefficient (Wildman–Crippen LogP) is 4.91. The van der Waals surface area contributed by atoms with Crippen molar-refractivity contribution >= 4 is 33.4 Å². The van der Waals surface area contributed by atoms with Crippen molar-refractivity contribution in [1.82, 2.24) is 9.88 Å². The molecule has 2 aromatic carbocycles. The number of amides is 1. The number of ether oxygens (including phenoxy) is 1. The molecular weight excluding hydrogens is 384 g/mol. The fourth-order valence-electron chi connectivity index (χ4n) is 3.81. The minimum absolute atomic E-state index is 0.150. The van der Waals surface area contributed by atoms with E-state index >= 15 is 0 Å². The van der Waals surface area contributed by atoms with Crippen molar-refractivity contribution in [3.63, 3.8) is 0 Å². The van der Waals surface area contributed by atoms with Gasteiger partial charge in [-0.25, -0.2) is 9.78 Å². The van der Waals surface area contributed by atoms with Crippen LogP contribution in [0.25, 0.3) is 20.8 Å². The molecule has 150 valence electrons. The first-order chi connectivity index (χ1) is 14.1. The highest BCUT2D eigenvalue weighted by atomic mass is 32.1. The van der Waals surface area contributed by atoms with Crippen LogP contribution < -0.4 is 0 Å². The smallest absolute Gasteiger partial charge is 0.339 e. The highest BCUT2D eigenvalue weighted by Gasteiger charge is 2.24. The third-order valence-electron chi connectivity index (χ3n) is 5.51. The Bertz CT molecular complexity index is 991. The van der Waals surface area contributed by atoms with E-state index in [1.807, 2.05) is 36.4 Å². The molecule has 0 saturated heterocycles. The van der Waals surface area contributed by atoms with Gasteiger partial charge in [0.2, 0.25) is 0 Å². The van der Waals surface area contributed by atoms with E-state index in [0.29, 0.717) is 5.56 Å². The van der Waals surface area contributed by atoms with Crippen LogP contribution in [0.1, 0.15) is 42.5 Å². The lowest BCUT2D eigenvalue weighted by Gasteiger charge is -2.31. The second-order valence-electron chi connectivity index (χ2n) is 7.40. The van der Waals surface area contributed by atoms with Crippen LogP contribution >= 0.6 is 11.3 Å². The van der Waals surface area contributed by atoms with Crippen molar-refractivity contribution in [3.8, 4) is 10.6 Å². The van der Waals surface area contributed by atoms with Crippen LogP contribution in [0.2, 0.25) is 0 Å². The number of thiazole rings is 1. The van der Waals surface area contributed by atoms with Gasteiger partial charge in [0.05, 0.1) is 15.8 Å². The average molecular weight is 409 g/mol. The maximum absolute atomic E-state index is 12.7. The standard InChI is InChI=1S/C23H24N2O3S/c1-25(16-9-3-2-4-10-16)21(26)15-28-23(27)18-12-6-5-11-17(18)22-24-19-13-7-8-14-20(19)29-22/h5-8,11-14,16H,2-4,9-10,15H2,1H3. The number of para-hydroxylation sites is 1. The molecule has 0 aliphatic heterocycles. The Kier molecular flexibility index (Phi) is 5.90. The summed E-state index contributed by atoms with van der Waals surface area (Å²) in [5.74, 6) is -0.645. The zero-order chi connectivity index (χ0) is 20.2. The van der Waals surface area contributed by atoms with E-state index in [1.165, 1.54) is 17.8 Å². The van der Waals surface area contributed by atoms with Crippen molar-refractivity contribution in [2.45, 2.75) is 38.1 Å². The Hall–Kier alpha value is -2.73. The zero-order valence-electron chi connectivity index (χ0n) is 16.5. The SMILES string of the molecule is CN(C(=O)COC(=O)c1ccccc1-c1nc2ccccc2s1)C1CCCCC1. The van der Waals surface area contributed by atoms with Gasteiger partial charge in [0.15, 0.2) is 6.61 Å². The van der Waals surface area contributed by atoms with Crippen LogP contribution in [0, 0.1) is 0 Å². The summed E-state index contributed by atoms with van der Waals surface area (Å²) < 4.78 is 6.45. The van der Waals surface area contributed by atoms with Crippen LogP contribution in [0.5, 0.6) is 0 Å². The van der Waals surface area contributed by atoms with Gasteiger partial charge in [-0.2, -0.15) is 0 Å². The molecule has 1 aromatic heterocycles. The Morgan fingerprint density at radius 2 is 1.79 bits per heavy atom. The normalized spacial score (nSPS) is 14.7. The molecule has 0 radical (unpaired) electrons. The first kappa shape index (κ1) is 19.6. The quantitative estimate of drug-likeness (QED) is 0.563. The molecule has 6 heteroatoms. The predicted molar refractivity (Wildman–Crippen MR) is 115 cm³/mol. The number of hydrogen-bond acceptors (Lipinski definition) is 5. The minimum Gasteiger partial charge on any atom is -0.452 e. The molecule has 3 aromatic rings. The van der Waals surface area contributed by atoms with Crippen LogP contribution in [0.15, 0.2) is 48.5 Å². The van der Waals surface area contributed by atoms with Gasteiger partial charge in [-0.05, 0) is 31.0 Å². The average Bonchev–Trinajstić information content (AvgIpc) is 3.21. The summed E-state index contributed by atoms with van der Waals surface area (Å²) in [7, 11) is 1.81. The lowest BCUT2D eigenvalue weighted by Crippen LogP contribution is -2.40. The number of benzene rings is 2. The summed E-state index contributed by atoms with van der Waals surface area (Å²) in [4.78, 5) is 31.6. The largest absolute Gasteiger partial charge is 0.452 e. The molecule has 4 rings (SSSR count). The number of aromatic nitrogens is 1. The number of hydrogen-bond donors (Lipinski definition) is 0. The van der Waals surface area contributed by atoms with Gasteiger partial charge in [-0.1, -0.05) is 49.6 Å². The molecule has 1 saturated carbocycles. The monoisotopic (exact) mass is 408 g/mol. The second kappa shape index (κ2) is 8.74. The van der Waals surface area contributed by atoms with Gasteiger partial charge in [-0.15, -0.1) is 11.3 Å². The summed E-state index contributed by atoms with van der Waals surface area (Å²) in [6.45, 7) is -0.236. The fraction of sp³-hybridized carbons (Fsp3) is 0.348. The van der Waals surface area contributed by atoms with Gasteiger partial charge >= 0.3 is 5.97 Å². The van der Waals surface area contributed by atoms with E-state index in [1.54, 1.807) is 24.1 Å². The van der Waals surface area contributed by atoms with Crippen molar-refractivity contribution in [1.29, 1.82) is 0 Å². The number of nitrogens with zero attached hydrogens (tertiary/aromatic N) is 2. The number of rotatable bonds is 5. The zero-order valence-corrected chi connectivity index (χ0v) is 17.3. The van der Waals surface area contributed by atoms with E-state index in [2.05, 4.69) is 4.98 Å². The van der Waals surface area contributed by atoms with E-state index in [0.717, 1.165) is 46.5 Å². The topological polar surface area (TPSA) is 59.5 Å². The Balaban J connectivity index is 1.47. The molecule has 0 unspecified atom stereocenters. The minimum atomic E-state index is -0.495. The molecule has 29 heavy (non-hydrogen) atoms. The highest BCUT2D eigenvalue weighted by molar-refractivity contribution is 7.21. The first-order valence-electron chi connectivity index (χ1n) is 10.0. The molecule has 5 nitrogen and oxygen atoms in total. The molecule has 0 N–H and O–H groups in total. The Labute approximate surface area is 174 Å². The van der Waals surface area contributed by atoms with Crippen LogP contribution in [-0.2, 0) is 9.53 Å². The lowest BCUT2D eigenvalue weighted by atomic mass is 9.94. The van der Waals surface area contributed by atoms with Gasteiger partial charge in [0.1, 0.15) is 5.01 Å². The third-order valence-corrected chi connectivity index (χ3v) is 6.58. The maximum Gasteiger partial charge on any atom is 0.339 e. The second-order valence-corrected chi connectivity index (χ2v) is 8.44. The number of likely N-dealkylation sites (N-methyl/N-ethyl adjacent to an activating group) is 1. The number of carbonyl (C=O) groups is 2. The number of fused-ring (bicyclic) bond motifs is 1. The van der Waals surface area contributed by atoms with E-state index < -0.39 is 5.97 Å².